The van der Waals surface area contributed by atoms with Gasteiger partial charge in [0, 0.05) is 13.2 Å². The molecule has 0 radical (unpaired) electrons. The maximum absolute atomic E-state index is 11.7. The van der Waals surface area contributed by atoms with Crippen molar-refractivity contribution >= 4 is 5.91 Å². The van der Waals surface area contributed by atoms with Crippen molar-refractivity contribution in [3.05, 3.63) is 0 Å². The summed E-state index contributed by atoms with van der Waals surface area (Å²) in [7, 11) is 0. The second-order valence-corrected chi connectivity index (χ2v) is 4.65. The van der Waals surface area contributed by atoms with Crippen LogP contribution in [0.1, 0.15) is 41.0 Å². The molecule has 0 saturated heterocycles. The molecule has 0 aromatic carbocycles. The Morgan fingerprint density at radius 1 is 1.33 bits per heavy atom. The lowest BCUT2D eigenvalue weighted by molar-refractivity contribution is -0.127. The summed E-state index contributed by atoms with van der Waals surface area (Å²) in [6, 6.07) is 0. The van der Waals surface area contributed by atoms with Crippen LogP contribution in [0, 0.1) is 0 Å². The van der Waals surface area contributed by atoms with Crippen LogP contribution >= 0.6 is 0 Å². The molecule has 0 bridgehead atoms. The summed E-state index contributed by atoms with van der Waals surface area (Å²) in [4.78, 5) is 11.7. The van der Waals surface area contributed by atoms with Crippen LogP contribution in [0.3, 0.4) is 0 Å². The molecule has 1 amide bonds. The van der Waals surface area contributed by atoms with Crippen molar-refractivity contribution in [2.75, 3.05) is 13.2 Å². The highest BCUT2D eigenvalue weighted by atomic mass is 16.5. The maximum Gasteiger partial charge on any atom is 0.239 e. The predicted octanol–water partition coefficient (Wildman–Crippen LogP) is 1.05. The van der Waals surface area contributed by atoms with Gasteiger partial charge in [0.05, 0.1) is 11.1 Å². The fourth-order valence-electron chi connectivity index (χ4n) is 1.10. The first-order valence-corrected chi connectivity index (χ1v) is 5.46. The summed E-state index contributed by atoms with van der Waals surface area (Å²) in [5, 5.41) is 2.81. The van der Waals surface area contributed by atoms with Crippen molar-refractivity contribution in [1.82, 2.24) is 5.32 Å². The lowest BCUT2D eigenvalue weighted by atomic mass is 9.99. The smallest absolute Gasteiger partial charge is 0.239 e. The van der Waals surface area contributed by atoms with Crippen molar-refractivity contribution in [2.45, 2.75) is 52.2 Å². The van der Waals surface area contributed by atoms with Gasteiger partial charge < -0.3 is 15.8 Å². The molecule has 0 heterocycles. The number of carbonyl (C=O) groups excluding carboxylic acids is 1. The minimum atomic E-state index is -0.789. The second kappa shape index (κ2) is 5.47. The summed E-state index contributed by atoms with van der Waals surface area (Å²) < 4.78 is 5.47. The molecule has 15 heavy (non-hydrogen) atoms. The van der Waals surface area contributed by atoms with E-state index in [4.69, 9.17) is 10.5 Å². The van der Waals surface area contributed by atoms with E-state index in [1.165, 1.54) is 0 Å². The summed E-state index contributed by atoms with van der Waals surface area (Å²) in [5.41, 5.74) is 4.68. The Bertz CT molecular complexity index is 213. The lowest BCUT2D eigenvalue weighted by Crippen LogP contribution is -2.54. The Kier molecular flexibility index (Phi) is 5.24. The SMILES string of the molecule is CCOC(C)(C)CNC(=O)C(C)(N)CC. The molecule has 0 spiro atoms. The van der Waals surface area contributed by atoms with Gasteiger partial charge in [-0.2, -0.15) is 0 Å². The number of nitrogens with two attached hydrogens (primary N) is 1. The van der Waals surface area contributed by atoms with E-state index in [9.17, 15) is 4.79 Å². The number of ether oxygens (including phenoxy) is 1. The molecular weight excluding hydrogens is 192 g/mol. The van der Waals surface area contributed by atoms with Gasteiger partial charge in [0.25, 0.3) is 0 Å². The molecular formula is C11H24N2O2. The van der Waals surface area contributed by atoms with Crippen LogP contribution in [-0.4, -0.2) is 30.2 Å². The molecule has 3 N–H and O–H groups in total. The first-order chi connectivity index (χ1) is 6.75. The van der Waals surface area contributed by atoms with E-state index in [0.717, 1.165) is 0 Å². The summed E-state index contributed by atoms with van der Waals surface area (Å²) in [6.07, 6.45) is 0.619. The van der Waals surface area contributed by atoms with Crippen molar-refractivity contribution < 1.29 is 9.53 Å². The third-order valence-corrected chi connectivity index (χ3v) is 2.46. The molecule has 0 fully saturated rings. The van der Waals surface area contributed by atoms with E-state index >= 15 is 0 Å². The average molecular weight is 216 g/mol. The fraction of sp³-hybridized carbons (Fsp3) is 0.909. The van der Waals surface area contributed by atoms with Gasteiger partial charge in [0.1, 0.15) is 0 Å². The van der Waals surface area contributed by atoms with Gasteiger partial charge in [-0.15, -0.1) is 0 Å². The Labute approximate surface area is 92.6 Å². The zero-order chi connectivity index (χ0) is 12.1. The van der Waals surface area contributed by atoms with Crippen molar-refractivity contribution in [1.29, 1.82) is 0 Å². The Morgan fingerprint density at radius 2 is 1.87 bits per heavy atom. The van der Waals surface area contributed by atoms with E-state index < -0.39 is 5.54 Å². The maximum atomic E-state index is 11.7. The predicted molar refractivity (Wildman–Crippen MR) is 61.6 cm³/mol. The van der Waals surface area contributed by atoms with Crippen molar-refractivity contribution in [2.24, 2.45) is 5.73 Å². The van der Waals surface area contributed by atoms with Crippen LogP contribution in [0.5, 0.6) is 0 Å². The summed E-state index contributed by atoms with van der Waals surface area (Å²) in [5.74, 6) is -0.127. The zero-order valence-electron chi connectivity index (χ0n) is 10.5. The van der Waals surface area contributed by atoms with Gasteiger partial charge in [0.2, 0.25) is 5.91 Å². The van der Waals surface area contributed by atoms with Gasteiger partial charge in [-0.25, -0.2) is 0 Å². The highest BCUT2D eigenvalue weighted by Crippen LogP contribution is 2.09. The van der Waals surface area contributed by atoms with Crippen LogP contribution in [-0.2, 0) is 9.53 Å². The van der Waals surface area contributed by atoms with E-state index in [0.29, 0.717) is 19.6 Å². The van der Waals surface area contributed by atoms with Gasteiger partial charge in [-0.1, -0.05) is 6.92 Å². The molecule has 4 nitrogen and oxygen atoms in total. The highest BCUT2D eigenvalue weighted by molar-refractivity contribution is 5.85. The van der Waals surface area contributed by atoms with E-state index in [1.807, 2.05) is 27.7 Å². The monoisotopic (exact) mass is 216 g/mol. The van der Waals surface area contributed by atoms with Crippen LogP contribution in [0.2, 0.25) is 0 Å². The van der Waals surface area contributed by atoms with Crippen molar-refractivity contribution in [3.63, 3.8) is 0 Å². The summed E-state index contributed by atoms with van der Waals surface area (Å²) in [6.45, 7) is 10.6. The number of rotatable bonds is 6. The first kappa shape index (κ1) is 14.4. The number of hydrogen-bond donors (Lipinski definition) is 2. The number of hydrogen-bond acceptors (Lipinski definition) is 3. The van der Waals surface area contributed by atoms with E-state index in [1.54, 1.807) is 6.92 Å². The molecule has 1 atom stereocenters. The molecule has 0 aliphatic carbocycles. The molecule has 90 valence electrons. The standard InChI is InChI=1S/C11H24N2O2/c1-6-11(5,12)9(14)13-8-10(3,4)15-7-2/h6-8,12H2,1-5H3,(H,13,14). The number of carbonyl (C=O) groups is 1. The van der Waals surface area contributed by atoms with E-state index in [-0.39, 0.29) is 11.5 Å². The van der Waals surface area contributed by atoms with Crippen LogP contribution in [0.25, 0.3) is 0 Å². The number of nitrogens with one attached hydrogen (secondary N) is 1. The third-order valence-electron chi connectivity index (χ3n) is 2.46. The van der Waals surface area contributed by atoms with Crippen LogP contribution in [0.4, 0.5) is 0 Å². The summed E-state index contributed by atoms with van der Waals surface area (Å²) >= 11 is 0. The van der Waals surface area contributed by atoms with E-state index in [2.05, 4.69) is 5.32 Å². The molecule has 0 saturated carbocycles. The van der Waals surface area contributed by atoms with Crippen LogP contribution in [0.15, 0.2) is 0 Å². The third kappa shape index (κ3) is 5.14. The fourth-order valence-corrected chi connectivity index (χ4v) is 1.10. The highest BCUT2D eigenvalue weighted by Gasteiger charge is 2.27. The molecule has 0 aromatic rings. The topological polar surface area (TPSA) is 64.3 Å². The lowest BCUT2D eigenvalue weighted by Gasteiger charge is -2.28. The number of amides is 1. The Balaban J connectivity index is 4.11. The largest absolute Gasteiger partial charge is 0.374 e. The molecule has 0 aliphatic heterocycles. The second-order valence-electron chi connectivity index (χ2n) is 4.65. The van der Waals surface area contributed by atoms with Crippen molar-refractivity contribution in [3.8, 4) is 0 Å². The minimum absolute atomic E-state index is 0.127. The molecule has 0 aromatic heterocycles. The molecule has 0 rings (SSSR count). The molecule has 1 unspecified atom stereocenters. The van der Waals surface area contributed by atoms with Gasteiger partial charge >= 0.3 is 0 Å². The zero-order valence-corrected chi connectivity index (χ0v) is 10.5. The Hall–Kier alpha value is -0.610. The molecule has 0 aliphatic rings. The average Bonchev–Trinajstić information content (AvgIpc) is 2.14. The van der Waals surface area contributed by atoms with Gasteiger partial charge in [-0.05, 0) is 34.1 Å². The van der Waals surface area contributed by atoms with Crippen LogP contribution < -0.4 is 11.1 Å². The normalized spacial score (nSPS) is 15.9. The van der Waals surface area contributed by atoms with Gasteiger partial charge in [0.15, 0.2) is 0 Å². The molecule has 4 heteroatoms. The van der Waals surface area contributed by atoms with Gasteiger partial charge in [-0.3, -0.25) is 4.79 Å². The Morgan fingerprint density at radius 3 is 2.27 bits per heavy atom. The quantitative estimate of drug-likeness (QED) is 0.697. The minimum Gasteiger partial charge on any atom is -0.374 e. The first-order valence-electron chi connectivity index (χ1n) is 5.46.